The summed E-state index contributed by atoms with van der Waals surface area (Å²) in [6.45, 7) is 2.78. The summed E-state index contributed by atoms with van der Waals surface area (Å²) in [4.78, 5) is 0. The Balaban J connectivity index is 2.48. The summed E-state index contributed by atoms with van der Waals surface area (Å²) in [5.41, 5.74) is 4.18. The second-order valence-electron chi connectivity index (χ2n) is 4.08. The van der Waals surface area contributed by atoms with Crippen LogP contribution in [-0.2, 0) is 13.6 Å². The van der Waals surface area contributed by atoms with Crippen molar-refractivity contribution >= 4 is 0 Å². The van der Waals surface area contributed by atoms with Crippen LogP contribution in [0.4, 0.5) is 4.39 Å². The minimum Gasteiger partial charge on any atom is -0.314 e. The Morgan fingerprint density at radius 3 is 2.53 bits per heavy atom. The van der Waals surface area contributed by atoms with E-state index in [9.17, 15) is 4.39 Å². The molecule has 3 nitrogen and oxygen atoms in total. The van der Waals surface area contributed by atoms with Gasteiger partial charge in [0.2, 0.25) is 0 Å². The lowest BCUT2D eigenvalue weighted by Gasteiger charge is -2.03. The third-order valence-corrected chi connectivity index (χ3v) is 2.84. The van der Waals surface area contributed by atoms with Gasteiger partial charge in [-0.3, -0.25) is 4.68 Å². The smallest absolute Gasteiger partial charge is 0.123 e. The third kappa shape index (κ3) is 2.22. The molecule has 2 rings (SSSR count). The first-order valence-electron chi connectivity index (χ1n) is 5.56. The number of benzene rings is 1. The minimum absolute atomic E-state index is 0.219. The van der Waals surface area contributed by atoms with E-state index in [1.54, 1.807) is 12.1 Å². The van der Waals surface area contributed by atoms with Crippen molar-refractivity contribution in [3.8, 4) is 11.3 Å². The fourth-order valence-corrected chi connectivity index (χ4v) is 2.03. The fraction of sp³-hybridized carbons (Fsp3) is 0.308. The second kappa shape index (κ2) is 4.67. The van der Waals surface area contributed by atoms with Crippen LogP contribution in [0, 0.1) is 12.7 Å². The Bertz CT molecular complexity index is 514. The monoisotopic (exact) mass is 233 g/mol. The molecule has 0 amide bonds. The second-order valence-corrected chi connectivity index (χ2v) is 4.08. The fourth-order valence-electron chi connectivity index (χ4n) is 2.03. The van der Waals surface area contributed by atoms with Gasteiger partial charge in [-0.2, -0.15) is 5.10 Å². The first kappa shape index (κ1) is 11.8. The van der Waals surface area contributed by atoms with Gasteiger partial charge in [0.25, 0.3) is 0 Å². The molecule has 0 saturated carbocycles. The number of hydrogen-bond donors (Lipinski definition) is 1. The molecular formula is C13H16FN3. The number of hydrogen-bond acceptors (Lipinski definition) is 2. The van der Waals surface area contributed by atoms with Gasteiger partial charge in [0.05, 0.1) is 11.4 Å². The summed E-state index contributed by atoms with van der Waals surface area (Å²) < 4.78 is 14.7. The maximum absolute atomic E-state index is 12.9. The zero-order chi connectivity index (χ0) is 12.4. The number of aryl methyl sites for hydroxylation is 1. The van der Waals surface area contributed by atoms with Gasteiger partial charge in [-0.15, -0.1) is 0 Å². The van der Waals surface area contributed by atoms with Crippen LogP contribution in [0.15, 0.2) is 24.3 Å². The van der Waals surface area contributed by atoms with E-state index in [0.717, 1.165) is 29.1 Å². The van der Waals surface area contributed by atoms with E-state index < -0.39 is 0 Å². The average Bonchev–Trinajstić information content (AvgIpc) is 2.57. The van der Waals surface area contributed by atoms with Gasteiger partial charge >= 0.3 is 0 Å². The van der Waals surface area contributed by atoms with Crippen LogP contribution in [0.1, 0.15) is 11.3 Å². The van der Waals surface area contributed by atoms with Crippen LogP contribution < -0.4 is 5.32 Å². The van der Waals surface area contributed by atoms with Crippen molar-refractivity contribution in [2.75, 3.05) is 7.05 Å². The molecule has 1 aromatic carbocycles. The van der Waals surface area contributed by atoms with Gasteiger partial charge in [0, 0.05) is 19.2 Å². The summed E-state index contributed by atoms with van der Waals surface area (Å²) in [6.07, 6.45) is 0. The van der Waals surface area contributed by atoms with E-state index >= 15 is 0 Å². The number of rotatable bonds is 3. The van der Waals surface area contributed by atoms with Gasteiger partial charge in [0.15, 0.2) is 0 Å². The summed E-state index contributed by atoms with van der Waals surface area (Å²) in [7, 11) is 3.80. The lowest BCUT2D eigenvalue weighted by Crippen LogP contribution is -2.06. The third-order valence-electron chi connectivity index (χ3n) is 2.84. The summed E-state index contributed by atoms with van der Waals surface area (Å²) in [5, 5.41) is 7.55. The van der Waals surface area contributed by atoms with Crippen LogP contribution in [0.25, 0.3) is 11.3 Å². The van der Waals surface area contributed by atoms with Crippen molar-refractivity contribution in [1.82, 2.24) is 15.1 Å². The van der Waals surface area contributed by atoms with Crippen LogP contribution >= 0.6 is 0 Å². The van der Waals surface area contributed by atoms with E-state index in [4.69, 9.17) is 0 Å². The van der Waals surface area contributed by atoms with E-state index in [1.165, 1.54) is 12.1 Å². The van der Waals surface area contributed by atoms with Crippen molar-refractivity contribution in [1.29, 1.82) is 0 Å². The Morgan fingerprint density at radius 1 is 1.29 bits per heavy atom. The summed E-state index contributed by atoms with van der Waals surface area (Å²) >= 11 is 0. The quantitative estimate of drug-likeness (QED) is 0.881. The molecule has 4 heteroatoms. The number of halogens is 1. The highest BCUT2D eigenvalue weighted by molar-refractivity contribution is 5.64. The zero-order valence-corrected chi connectivity index (χ0v) is 10.3. The molecule has 17 heavy (non-hydrogen) atoms. The highest BCUT2D eigenvalue weighted by Gasteiger charge is 2.13. The van der Waals surface area contributed by atoms with E-state index in [2.05, 4.69) is 10.4 Å². The van der Waals surface area contributed by atoms with Gasteiger partial charge in [0.1, 0.15) is 5.82 Å². The maximum Gasteiger partial charge on any atom is 0.123 e. The van der Waals surface area contributed by atoms with Crippen LogP contribution in [0.2, 0.25) is 0 Å². The zero-order valence-electron chi connectivity index (χ0n) is 10.3. The minimum atomic E-state index is -0.219. The predicted molar refractivity (Wildman–Crippen MR) is 66.1 cm³/mol. The molecule has 0 aliphatic rings. The van der Waals surface area contributed by atoms with E-state index in [1.807, 2.05) is 25.7 Å². The normalized spacial score (nSPS) is 10.8. The molecule has 1 N–H and O–H groups in total. The lowest BCUT2D eigenvalue weighted by atomic mass is 10.1. The first-order valence-corrected chi connectivity index (χ1v) is 5.56. The Kier molecular flexibility index (Phi) is 3.24. The van der Waals surface area contributed by atoms with Gasteiger partial charge in [-0.25, -0.2) is 4.39 Å². The van der Waals surface area contributed by atoms with Crippen LogP contribution in [0.3, 0.4) is 0 Å². The summed E-state index contributed by atoms with van der Waals surface area (Å²) in [6, 6.07) is 6.50. The molecule has 0 aliphatic heterocycles. The van der Waals surface area contributed by atoms with Gasteiger partial charge < -0.3 is 5.32 Å². The van der Waals surface area contributed by atoms with Gasteiger partial charge in [-0.05, 0) is 43.8 Å². The molecule has 0 saturated heterocycles. The van der Waals surface area contributed by atoms with Crippen molar-refractivity contribution in [3.05, 3.63) is 41.3 Å². The molecule has 0 spiro atoms. The van der Waals surface area contributed by atoms with Crippen molar-refractivity contribution < 1.29 is 4.39 Å². The van der Waals surface area contributed by atoms with Crippen molar-refractivity contribution in [2.24, 2.45) is 7.05 Å². The molecular weight excluding hydrogens is 217 g/mol. The molecule has 90 valence electrons. The number of nitrogens with one attached hydrogen (secondary N) is 1. The van der Waals surface area contributed by atoms with Crippen molar-refractivity contribution in [3.63, 3.8) is 0 Å². The highest BCUT2D eigenvalue weighted by Crippen LogP contribution is 2.25. The topological polar surface area (TPSA) is 29.9 Å². The number of aromatic nitrogens is 2. The molecule has 0 atom stereocenters. The lowest BCUT2D eigenvalue weighted by molar-refractivity contribution is 0.628. The van der Waals surface area contributed by atoms with E-state index in [0.29, 0.717) is 0 Å². The maximum atomic E-state index is 12.9. The molecule has 0 aliphatic carbocycles. The van der Waals surface area contributed by atoms with Crippen molar-refractivity contribution in [2.45, 2.75) is 13.5 Å². The summed E-state index contributed by atoms with van der Waals surface area (Å²) in [5.74, 6) is -0.219. The highest BCUT2D eigenvalue weighted by atomic mass is 19.1. The number of nitrogens with zero attached hydrogens (tertiary/aromatic N) is 2. The largest absolute Gasteiger partial charge is 0.314 e. The average molecular weight is 233 g/mol. The molecule has 0 unspecified atom stereocenters. The molecule has 0 bridgehead atoms. The molecule has 1 heterocycles. The van der Waals surface area contributed by atoms with Crippen LogP contribution in [-0.4, -0.2) is 16.8 Å². The Hall–Kier alpha value is -1.68. The predicted octanol–water partition coefficient (Wildman–Crippen LogP) is 2.25. The van der Waals surface area contributed by atoms with E-state index in [-0.39, 0.29) is 5.82 Å². The Labute approximate surface area is 100 Å². The Morgan fingerprint density at radius 2 is 1.94 bits per heavy atom. The standard InChI is InChI=1S/C13H16FN3/c1-9-12(8-15-2)16-17(3)13(9)10-4-6-11(14)7-5-10/h4-7,15H,8H2,1-3H3. The molecule has 0 fully saturated rings. The molecule has 1 aromatic heterocycles. The molecule has 0 radical (unpaired) electrons. The SMILES string of the molecule is CNCc1nn(C)c(-c2ccc(F)cc2)c1C. The molecule has 2 aromatic rings. The van der Waals surface area contributed by atoms with Gasteiger partial charge in [-0.1, -0.05) is 0 Å². The van der Waals surface area contributed by atoms with Crippen LogP contribution in [0.5, 0.6) is 0 Å². The first-order chi connectivity index (χ1) is 8.13.